The third kappa shape index (κ3) is 5.93. The van der Waals surface area contributed by atoms with Crippen LogP contribution in [0.1, 0.15) is 26.3 Å². The van der Waals surface area contributed by atoms with Crippen LogP contribution in [0.15, 0.2) is 101 Å². The lowest BCUT2D eigenvalue weighted by Gasteiger charge is -2.36. The Morgan fingerprint density at radius 1 is 0.864 bits per heavy atom. The molecule has 1 fully saturated rings. The van der Waals surface area contributed by atoms with Gasteiger partial charge in [0.1, 0.15) is 5.82 Å². The Bertz CT molecular complexity index is 1840. The van der Waals surface area contributed by atoms with E-state index in [1.54, 1.807) is 30.3 Å². The van der Waals surface area contributed by atoms with Crippen molar-refractivity contribution in [2.24, 2.45) is 0 Å². The molecule has 0 unspecified atom stereocenters. The van der Waals surface area contributed by atoms with Crippen LogP contribution in [0.2, 0.25) is 5.02 Å². The number of anilines is 2. The summed E-state index contributed by atoms with van der Waals surface area (Å²) in [6.07, 6.45) is 0. The number of carbonyl (C=O) groups is 2. The molecule has 11 heteroatoms. The monoisotopic (exact) mass is 632 g/mol. The number of sulfone groups is 1. The lowest BCUT2D eigenvalue weighted by molar-refractivity contribution is 0.0944. The molecule has 2 aliphatic rings. The molecule has 4 aromatic carbocycles. The lowest BCUT2D eigenvalue weighted by Crippen LogP contribution is -2.48. The summed E-state index contributed by atoms with van der Waals surface area (Å²) in [5, 5.41) is 3.62. The molecule has 0 aliphatic carbocycles. The topological polar surface area (TPSA) is 90.0 Å². The summed E-state index contributed by atoms with van der Waals surface area (Å²) in [6, 6.07) is 23.9. The van der Waals surface area contributed by atoms with Crippen molar-refractivity contribution in [2.45, 2.75) is 16.3 Å². The third-order valence-electron chi connectivity index (χ3n) is 8.00. The number of hydrogen-bond donors (Lipinski definition) is 1. The van der Waals surface area contributed by atoms with Crippen molar-refractivity contribution in [2.75, 3.05) is 49.1 Å². The highest BCUT2D eigenvalue weighted by atomic mass is 35.5. The van der Waals surface area contributed by atoms with Crippen molar-refractivity contribution in [1.29, 1.82) is 0 Å². The van der Waals surface area contributed by atoms with E-state index in [0.29, 0.717) is 18.1 Å². The maximum absolute atomic E-state index is 14.7. The minimum absolute atomic E-state index is 0.0125. The van der Waals surface area contributed by atoms with Gasteiger partial charge < -0.3 is 15.1 Å². The average molecular weight is 633 g/mol. The van der Waals surface area contributed by atoms with E-state index in [4.69, 9.17) is 11.6 Å². The molecule has 2 heterocycles. The van der Waals surface area contributed by atoms with Crippen molar-refractivity contribution in [3.8, 4) is 0 Å². The molecule has 0 aromatic heterocycles. The van der Waals surface area contributed by atoms with Gasteiger partial charge in [-0.2, -0.15) is 0 Å². The Labute approximate surface area is 260 Å². The number of nitrogens with zero attached hydrogens (tertiary/aromatic N) is 3. The second-order valence-electron chi connectivity index (χ2n) is 10.7. The van der Waals surface area contributed by atoms with E-state index in [9.17, 15) is 22.4 Å². The first kappa shape index (κ1) is 29.8. The van der Waals surface area contributed by atoms with Gasteiger partial charge in [-0.25, -0.2) is 12.8 Å². The van der Waals surface area contributed by atoms with Gasteiger partial charge in [0.25, 0.3) is 11.8 Å². The zero-order chi connectivity index (χ0) is 30.8. The zero-order valence-electron chi connectivity index (χ0n) is 23.7. The highest BCUT2D eigenvalue weighted by Crippen LogP contribution is 2.38. The smallest absolute Gasteiger partial charge is 0.259 e. The van der Waals surface area contributed by atoms with E-state index < -0.39 is 27.5 Å². The molecule has 1 saturated heterocycles. The Balaban J connectivity index is 1.20. The second kappa shape index (κ2) is 12.4. The molecule has 0 atom stereocenters. The van der Waals surface area contributed by atoms with Crippen LogP contribution in [0, 0.1) is 5.82 Å². The second-order valence-corrected chi connectivity index (χ2v) is 13.1. The van der Waals surface area contributed by atoms with E-state index in [1.165, 1.54) is 41.3 Å². The Morgan fingerprint density at radius 3 is 2.39 bits per heavy atom. The summed E-state index contributed by atoms with van der Waals surface area (Å²) in [5.41, 5.74) is 1.51. The van der Waals surface area contributed by atoms with Crippen molar-refractivity contribution in [3.05, 3.63) is 119 Å². The SMILES string of the molecule is O=C(NCCN1CCN(c2cccc(Cl)c2)CC1)c1ccc2c(c1)N(Cc1ccccc1F)C(=O)c1ccccc1S2(=O)=O. The number of nitrogens with one attached hydrogen (secondary N) is 1. The van der Waals surface area contributed by atoms with Crippen LogP contribution >= 0.6 is 11.6 Å². The molecule has 0 saturated carbocycles. The number of hydrogen-bond acceptors (Lipinski definition) is 6. The molecule has 0 bridgehead atoms. The van der Waals surface area contributed by atoms with Gasteiger partial charge in [-0.15, -0.1) is 0 Å². The maximum Gasteiger partial charge on any atom is 0.259 e. The summed E-state index contributed by atoms with van der Waals surface area (Å²) >= 11 is 6.14. The number of carbonyl (C=O) groups excluding carboxylic acids is 2. The van der Waals surface area contributed by atoms with Crippen LogP contribution < -0.4 is 15.1 Å². The quantitative estimate of drug-likeness (QED) is 0.308. The number of rotatable bonds is 7. The Morgan fingerprint density at radius 2 is 1.61 bits per heavy atom. The van der Waals surface area contributed by atoms with Gasteiger partial charge in [0.15, 0.2) is 0 Å². The molecule has 6 rings (SSSR count). The summed E-state index contributed by atoms with van der Waals surface area (Å²) < 4.78 is 42.1. The predicted molar refractivity (Wildman–Crippen MR) is 168 cm³/mol. The van der Waals surface area contributed by atoms with Crippen LogP contribution in [0.4, 0.5) is 15.8 Å². The van der Waals surface area contributed by atoms with E-state index >= 15 is 0 Å². The van der Waals surface area contributed by atoms with Gasteiger partial charge in [-0.05, 0) is 54.6 Å². The highest BCUT2D eigenvalue weighted by molar-refractivity contribution is 7.91. The molecule has 0 spiro atoms. The average Bonchev–Trinajstić information content (AvgIpc) is 3.10. The molecule has 226 valence electrons. The van der Waals surface area contributed by atoms with E-state index in [-0.39, 0.29) is 38.7 Å². The first-order valence-corrected chi connectivity index (χ1v) is 16.1. The van der Waals surface area contributed by atoms with Crippen molar-refractivity contribution in [3.63, 3.8) is 0 Å². The predicted octanol–water partition coefficient (Wildman–Crippen LogP) is 5.02. The molecule has 0 radical (unpaired) electrons. The van der Waals surface area contributed by atoms with Gasteiger partial charge in [-0.1, -0.05) is 48.0 Å². The number of halogens is 2. The van der Waals surface area contributed by atoms with Crippen molar-refractivity contribution >= 4 is 44.6 Å². The van der Waals surface area contributed by atoms with Gasteiger partial charge >= 0.3 is 0 Å². The number of benzene rings is 4. The Kier molecular flexibility index (Phi) is 8.40. The standard InChI is InChI=1S/C33H30ClFN4O4S/c34-25-7-5-8-26(21-25)38-18-16-37(17-19-38)15-14-36-32(40)23-12-13-31-29(20-23)39(22-24-6-1-3-10-28(24)35)33(41)27-9-2-4-11-30(27)44(31,42)43/h1-13,20-21H,14-19,22H2,(H,36,40). The molecule has 4 aromatic rings. The van der Waals surface area contributed by atoms with Gasteiger partial charge in [0.2, 0.25) is 9.84 Å². The maximum atomic E-state index is 14.7. The summed E-state index contributed by atoms with van der Waals surface area (Å²) in [4.78, 5) is 32.5. The summed E-state index contributed by atoms with van der Waals surface area (Å²) in [6.45, 7) is 4.13. The number of fused-ring (bicyclic) bond motifs is 2. The van der Waals surface area contributed by atoms with Crippen LogP contribution in [0.5, 0.6) is 0 Å². The Hall–Kier alpha value is -4.25. The fraction of sp³-hybridized carbons (Fsp3) is 0.212. The molecule has 44 heavy (non-hydrogen) atoms. The van der Waals surface area contributed by atoms with Gasteiger partial charge in [0.05, 0.1) is 27.6 Å². The van der Waals surface area contributed by atoms with Crippen LogP contribution in [0.25, 0.3) is 0 Å². The molecule has 2 amide bonds. The fourth-order valence-electron chi connectivity index (χ4n) is 5.63. The van der Waals surface area contributed by atoms with Gasteiger partial charge in [-0.3, -0.25) is 14.5 Å². The number of amides is 2. The van der Waals surface area contributed by atoms with Crippen LogP contribution in [0.3, 0.4) is 0 Å². The van der Waals surface area contributed by atoms with Crippen molar-refractivity contribution in [1.82, 2.24) is 10.2 Å². The summed E-state index contributed by atoms with van der Waals surface area (Å²) in [5.74, 6) is -1.52. The van der Waals surface area contributed by atoms with Crippen LogP contribution in [-0.4, -0.2) is 64.4 Å². The van der Waals surface area contributed by atoms with Crippen molar-refractivity contribution < 1.29 is 22.4 Å². The lowest BCUT2D eigenvalue weighted by atomic mass is 10.1. The molecular weight excluding hydrogens is 603 g/mol. The zero-order valence-corrected chi connectivity index (χ0v) is 25.3. The molecule has 8 nitrogen and oxygen atoms in total. The first-order valence-electron chi connectivity index (χ1n) is 14.3. The van der Waals surface area contributed by atoms with E-state index in [0.717, 1.165) is 31.9 Å². The van der Waals surface area contributed by atoms with Crippen LogP contribution in [-0.2, 0) is 16.4 Å². The largest absolute Gasteiger partial charge is 0.369 e. The first-order chi connectivity index (χ1) is 21.2. The summed E-state index contributed by atoms with van der Waals surface area (Å²) in [7, 11) is -4.11. The van der Waals surface area contributed by atoms with E-state index in [2.05, 4.69) is 15.1 Å². The van der Waals surface area contributed by atoms with E-state index in [1.807, 2.05) is 24.3 Å². The normalized spacial score (nSPS) is 16.2. The minimum Gasteiger partial charge on any atom is -0.369 e. The minimum atomic E-state index is -4.11. The number of piperazine rings is 1. The third-order valence-corrected chi connectivity index (χ3v) is 10.1. The highest BCUT2D eigenvalue weighted by Gasteiger charge is 2.36. The fourth-order valence-corrected chi connectivity index (χ4v) is 7.45. The molecular formula is C33H30ClFN4O4S. The molecule has 2 aliphatic heterocycles. The molecule has 1 N–H and O–H groups in total. The van der Waals surface area contributed by atoms with Gasteiger partial charge in [0, 0.05) is 61.1 Å².